The number of aliphatic hydroxyl groups excluding tert-OH is 1. The van der Waals surface area contributed by atoms with Crippen LogP contribution >= 0.6 is 0 Å². The smallest absolute Gasteiger partial charge is 0.0622 e. The van der Waals surface area contributed by atoms with Crippen molar-refractivity contribution in [1.29, 1.82) is 0 Å². The molecule has 1 heterocycles. The van der Waals surface area contributed by atoms with Gasteiger partial charge in [0.15, 0.2) is 0 Å². The van der Waals surface area contributed by atoms with E-state index in [1.807, 2.05) is 0 Å². The van der Waals surface area contributed by atoms with Gasteiger partial charge in [0.25, 0.3) is 0 Å². The van der Waals surface area contributed by atoms with E-state index in [0.29, 0.717) is 12.0 Å². The highest BCUT2D eigenvalue weighted by Crippen LogP contribution is 2.18. The van der Waals surface area contributed by atoms with E-state index in [1.165, 1.54) is 0 Å². The first-order valence-corrected chi connectivity index (χ1v) is 6.80. The lowest BCUT2D eigenvalue weighted by molar-refractivity contribution is -0.0476. The number of ether oxygens (including phenoxy) is 1. The van der Waals surface area contributed by atoms with Crippen molar-refractivity contribution in [2.75, 3.05) is 26.4 Å². The van der Waals surface area contributed by atoms with Crippen LogP contribution in [0.3, 0.4) is 0 Å². The summed E-state index contributed by atoms with van der Waals surface area (Å²) in [7, 11) is 0. The van der Waals surface area contributed by atoms with Crippen LogP contribution in [0.25, 0.3) is 0 Å². The molecular weight excluding hydrogens is 216 g/mol. The number of rotatable bonds is 6. The second-order valence-corrected chi connectivity index (χ2v) is 5.42. The molecule has 3 atom stereocenters. The maximum absolute atomic E-state index is 9.61. The molecule has 0 aromatic rings. The lowest BCUT2D eigenvalue weighted by Gasteiger charge is -2.42. The minimum Gasteiger partial charge on any atom is -0.395 e. The summed E-state index contributed by atoms with van der Waals surface area (Å²) >= 11 is 0. The minimum atomic E-state index is 0.0483. The van der Waals surface area contributed by atoms with E-state index in [4.69, 9.17) is 10.5 Å². The monoisotopic (exact) mass is 244 g/mol. The largest absolute Gasteiger partial charge is 0.395 e. The highest BCUT2D eigenvalue weighted by atomic mass is 16.5. The highest BCUT2D eigenvalue weighted by molar-refractivity contribution is 4.87. The number of hydrogen-bond acceptors (Lipinski definition) is 4. The van der Waals surface area contributed by atoms with Gasteiger partial charge in [-0.2, -0.15) is 0 Å². The van der Waals surface area contributed by atoms with Gasteiger partial charge >= 0.3 is 0 Å². The number of morpholine rings is 1. The van der Waals surface area contributed by atoms with Crippen molar-refractivity contribution in [3.8, 4) is 0 Å². The zero-order chi connectivity index (χ0) is 12.8. The van der Waals surface area contributed by atoms with Crippen LogP contribution in [0.4, 0.5) is 0 Å². The summed E-state index contributed by atoms with van der Waals surface area (Å²) in [5, 5.41) is 9.61. The van der Waals surface area contributed by atoms with E-state index in [-0.39, 0.29) is 18.7 Å². The molecule has 0 aromatic carbocycles. The minimum absolute atomic E-state index is 0.0483. The Morgan fingerprint density at radius 1 is 1.47 bits per heavy atom. The third kappa shape index (κ3) is 4.21. The molecule has 0 amide bonds. The van der Waals surface area contributed by atoms with Gasteiger partial charge in [0, 0.05) is 24.7 Å². The van der Waals surface area contributed by atoms with Crippen LogP contribution in [-0.4, -0.2) is 54.5 Å². The number of hydrogen-bond donors (Lipinski definition) is 2. The summed E-state index contributed by atoms with van der Waals surface area (Å²) < 4.78 is 5.49. The Morgan fingerprint density at radius 2 is 2.18 bits per heavy atom. The Hall–Kier alpha value is -0.160. The molecule has 17 heavy (non-hydrogen) atoms. The summed E-state index contributed by atoms with van der Waals surface area (Å²) in [4.78, 5) is 2.34. The Bertz CT molecular complexity index is 212. The van der Waals surface area contributed by atoms with Gasteiger partial charge in [-0.1, -0.05) is 20.8 Å². The van der Waals surface area contributed by atoms with Crippen molar-refractivity contribution >= 4 is 0 Å². The van der Waals surface area contributed by atoms with Crippen LogP contribution in [0, 0.1) is 5.92 Å². The van der Waals surface area contributed by atoms with Crippen LogP contribution in [0.2, 0.25) is 0 Å². The first-order valence-electron chi connectivity index (χ1n) is 6.80. The number of nitrogens with two attached hydrogens (primary N) is 1. The first-order chi connectivity index (χ1) is 8.10. The van der Waals surface area contributed by atoms with Crippen molar-refractivity contribution in [3.05, 3.63) is 0 Å². The fourth-order valence-corrected chi connectivity index (χ4v) is 2.64. The molecule has 0 saturated carbocycles. The Labute approximate surface area is 105 Å². The molecule has 4 heteroatoms. The SMILES string of the molecule is CCC1COCCN1C(CO)C(N)CC(C)C. The molecular formula is C13H28N2O2. The lowest BCUT2D eigenvalue weighted by atomic mass is 9.95. The Morgan fingerprint density at radius 3 is 2.71 bits per heavy atom. The number of nitrogens with zero attached hydrogens (tertiary/aromatic N) is 1. The quantitative estimate of drug-likeness (QED) is 0.726. The predicted molar refractivity (Wildman–Crippen MR) is 69.9 cm³/mol. The third-order valence-electron chi connectivity index (χ3n) is 3.60. The van der Waals surface area contributed by atoms with E-state index in [9.17, 15) is 5.11 Å². The van der Waals surface area contributed by atoms with Crippen molar-refractivity contribution in [1.82, 2.24) is 4.90 Å². The molecule has 0 aromatic heterocycles. The summed E-state index contributed by atoms with van der Waals surface area (Å²) in [6.45, 7) is 9.05. The van der Waals surface area contributed by atoms with Gasteiger partial charge in [0.05, 0.1) is 19.8 Å². The van der Waals surface area contributed by atoms with E-state index in [2.05, 4.69) is 25.7 Å². The van der Waals surface area contributed by atoms with Crippen LogP contribution in [0.15, 0.2) is 0 Å². The fraction of sp³-hybridized carbons (Fsp3) is 1.00. The predicted octanol–water partition coefficient (Wildman–Crippen LogP) is 0.832. The first kappa shape index (κ1) is 14.9. The van der Waals surface area contributed by atoms with E-state index in [1.54, 1.807) is 0 Å². The molecule has 1 aliphatic heterocycles. The van der Waals surface area contributed by atoms with Gasteiger partial charge < -0.3 is 15.6 Å². The highest BCUT2D eigenvalue weighted by Gasteiger charge is 2.31. The second-order valence-electron chi connectivity index (χ2n) is 5.42. The zero-order valence-electron chi connectivity index (χ0n) is 11.4. The van der Waals surface area contributed by atoms with Gasteiger partial charge in [0.1, 0.15) is 0 Å². The van der Waals surface area contributed by atoms with E-state index < -0.39 is 0 Å². The topological polar surface area (TPSA) is 58.7 Å². The average Bonchev–Trinajstić information content (AvgIpc) is 2.29. The van der Waals surface area contributed by atoms with E-state index in [0.717, 1.165) is 32.6 Å². The van der Waals surface area contributed by atoms with E-state index >= 15 is 0 Å². The maximum atomic E-state index is 9.61. The molecule has 3 unspecified atom stereocenters. The Kier molecular flexibility index (Phi) is 6.41. The molecule has 1 rings (SSSR count). The average molecular weight is 244 g/mol. The lowest BCUT2D eigenvalue weighted by Crippen LogP contribution is -2.58. The van der Waals surface area contributed by atoms with Crippen LogP contribution < -0.4 is 5.73 Å². The Balaban J connectivity index is 2.63. The molecule has 0 bridgehead atoms. The van der Waals surface area contributed by atoms with Crippen LogP contribution in [0.1, 0.15) is 33.6 Å². The van der Waals surface area contributed by atoms with Gasteiger partial charge in [-0.15, -0.1) is 0 Å². The van der Waals surface area contributed by atoms with Gasteiger partial charge in [0.2, 0.25) is 0 Å². The summed E-state index contributed by atoms with van der Waals surface area (Å²) in [6, 6.07) is 0.525. The zero-order valence-corrected chi connectivity index (χ0v) is 11.4. The number of aliphatic hydroxyl groups is 1. The van der Waals surface area contributed by atoms with Crippen LogP contribution in [0.5, 0.6) is 0 Å². The summed E-state index contributed by atoms with van der Waals surface area (Å²) in [6.07, 6.45) is 2.00. The standard InChI is InChI=1S/C13H28N2O2/c1-4-11-9-17-6-5-15(11)13(8-16)12(14)7-10(2)3/h10-13,16H,4-9,14H2,1-3H3. The molecule has 0 aliphatic carbocycles. The molecule has 102 valence electrons. The van der Waals surface area contributed by atoms with Gasteiger partial charge in [-0.25, -0.2) is 0 Å². The van der Waals surface area contributed by atoms with Crippen molar-refractivity contribution in [2.45, 2.75) is 51.7 Å². The summed E-state index contributed by atoms with van der Waals surface area (Å²) in [5.74, 6) is 0.570. The molecule has 1 saturated heterocycles. The van der Waals surface area contributed by atoms with Crippen molar-refractivity contribution in [3.63, 3.8) is 0 Å². The molecule has 1 aliphatic rings. The van der Waals surface area contributed by atoms with Crippen LogP contribution in [-0.2, 0) is 4.74 Å². The van der Waals surface area contributed by atoms with Gasteiger partial charge in [-0.3, -0.25) is 4.90 Å². The van der Waals surface area contributed by atoms with Gasteiger partial charge in [-0.05, 0) is 18.8 Å². The molecule has 3 N–H and O–H groups in total. The second kappa shape index (κ2) is 7.31. The maximum Gasteiger partial charge on any atom is 0.0622 e. The molecule has 1 fully saturated rings. The normalized spacial score (nSPS) is 26.1. The fourth-order valence-electron chi connectivity index (χ4n) is 2.64. The molecule has 4 nitrogen and oxygen atoms in total. The third-order valence-corrected chi connectivity index (χ3v) is 3.60. The van der Waals surface area contributed by atoms with Crippen molar-refractivity contribution < 1.29 is 9.84 Å². The summed E-state index contributed by atoms with van der Waals surface area (Å²) in [5.41, 5.74) is 6.23. The molecule has 0 spiro atoms. The van der Waals surface area contributed by atoms with Crippen molar-refractivity contribution in [2.24, 2.45) is 11.7 Å². The molecule has 0 radical (unpaired) electrons.